The molecule has 164 valence electrons. The van der Waals surface area contributed by atoms with Crippen molar-refractivity contribution in [3.8, 4) is 28.1 Å². The molecule has 0 fully saturated rings. The summed E-state index contributed by atoms with van der Waals surface area (Å²) in [6.45, 7) is 1.62. The van der Waals surface area contributed by atoms with Gasteiger partial charge < -0.3 is 14.8 Å². The Hall–Kier alpha value is -3.23. The molecule has 6 nitrogen and oxygen atoms in total. The van der Waals surface area contributed by atoms with E-state index in [0.29, 0.717) is 22.1 Å². The lowest BCUT2D eigenvalue weighted by atomic mass is 10.1. The molecule has 1 N–H and O–H groups in total. The lowest BCUT2D eigenvalue weighted by molar-refractivity contribution is -0.138. The standard InChI is InChI=1S/C21H14F3N3O3S2/c1-11(19(28)26-12-4-5-16-17(7-12)30-10-29-16)32-20-13(9-25)14(21(22,23)24)8-15(27-20)18-3-2-6-31-18/h2-8,11H,10H2,1H3,(H,26,28). The van der Waals surface area contributed by atoms with E-state index < -0.39 is 28.5 Å². The van der Waals surface area contributed by atoms with Gasteiger partial charge in [0.1, 0.15) is 11.1 Å². The van der Waals surface area contributed by atoms with Crippen LogP contribution in [0.5, 0.6) is 11.5 Å². The number of anilines is 1. The van der Waals surface area contributed by atoms with Gasteiger partial charge in [0.25, 0.3) is 0 Å². The Morgan fingerprint density at radius 2 is 2.06 bits per heavy atom. The topological polar surface area (TPSA) is 84.2 Å². The first-order valence-electron chi connectivity index (χ1n) is 9.19. The average molecular weight is 477 g/mol. The number of fused-ring (bicyclic) bond motifs is 1. The van der Waals surface area contributed by atoms with E-state index in [-0.39, 0.29) is 17.5 Å². The molecular weight excluding hydrogens is 463 g/mol. The molecule has 4 rings (SSSR count). The minimum Gasteiger partial charge on any atom is -0.454 e. The van der Waals surface area contributed by atoms with Crippen molar-refractivity contribution in [2.75, 3.05) is 12.1 Å². The van der Waals surface area contributed by atoms with E-state index in [9.17, 15) is 23.2 Å². The molecule has 1 atom stereocenters. The van der Waals surface area contributed by atoms with Gasteiger partial charge in [-0.25, -0.2) is 4.98 Å². The number of carbonyl (C=O) groups is 1. The molecule has 0 aliphatic carbocycles. The van der Waals surface area contributed by atoms with Gasteiger partial charge in [-0.15, -0.1) is 11.3 Å². The van der Waals surface area contributed by atoms with E-state index in [1.54, 1.807) is 41.8 Å². The van der Waals surface area contributed by atoms with Gasteiger partial charge in [-0.2, -0.15) is 18.4 Å². The van der Waals surface area contributed by atoms with E-state index in [0.717, 1.165) is 17.8 Å². The van der Waals surface area contributed by atoms with Crippen LogP contribution in [0.25, 0.3) is 10.6 Å². The number of nitrogens with one attached hydrogen (secondary N) is 1. The quantitative estimate of drug-likeness (QED) is 0.485. The molecule has 0 spiro atoms. The maximum absolute atomic E-state index is 13.6. The number of ether oxygens (including phenoxy) is 2. The summed E-state index contributed by atoms with van der Waals surface area (Å²) >= 11 is 2.02. The predicted octanol–water partition coefficient (Wildman–Crippen LogP) is 5.55. The average Bonchev–Trinajstić information content (AvgIpc) is 3.44. The molecule has 1 amide bonds. The highest BCUT2D eigenvalue weighted by atomic mass is 32.2. The number of pyridine rings is 1. The van der Waals surface area contributed by atoms with Gasteiger partial charge in [0.2, 0.25) is 12.7 Å². The Bertz CT molecular complexity index is 1210. The fourth-order valence-electron chi connectivity index (χ4n) is 2.93. The van der Waals surface area contributed by atoms with Gasteiger partial charge in [0.15, 0.2) is 11.5 Å². The van der Waals surface area contributed by atoms with Gasteiger partial charge in [-0.05, 0) is 36.6 Å². The number of nitriles is 1. The van der Waals surface area contributed by atoms with Crippen LogP contribution in [0.3, 0.4) is 0 Å². The minimum absolute atomic E-state index is 0.0870. The summed E-state index contributed by atoms with van der Waals surface area (Å²) in [7, 11) is 0. The number of aromatic nitrogens is 1. The zero-order valence-electron chi connectivity index (χ0n) is 16.4. The monoisotopic (exact) mass is 477 g/mol. The highest BCUT2D eigenvalue weighted by Gasteiger charge is 2.36. The van der Waals surface area contributed by atoms with Crippen molar-refractivity contribution in [1.82, 2.24) is 4.98 Å². The number of benzene rings is 1. The minimum atomic E-state index is -4.74. The Labute approximate surface area is 189 Å². The smallest absolute Gasteiger partial charge is 0.417 e. The largest absolute Gasteiger partial charge is 0.454 e. The molecular formula is C21H14F3N3O3S2. The number of thioether (sulfide) groups is 1. The molecule has 0 bridgehead atoms. The van der Waals surface area contributed by atoms with Crippen molar-refractivity contribution in [2.24, 2.45) is 0 Å². The Morgan fingerprint density at radius 3 is 2.75 bits per heavy atom. The fourth-order valence-corrected chi connectivity index (χ4v) is 4.54. The van der Waals surface area contributed by atoms with Gasteiger partial charge >= 0.3 is 6.18 Å². The third-order valence-corrected chi connectivity index (χ3v) is 6.45. The van der Waals surface area contributed by atoms with Crippen LogP contribution in [0, 0.1) is 11.3 Å². The predicted molar refractivity (Wildman–Crippen MR) is 114 cm³/mol. The number of carbonyl (C=O) groups excluding carboxylic acids is 1. The van der Waals surface area contributed by atoms with Crippen molar-refractivity contribution in [3.05, 3.63) is 52.9 Å². The van der Waals surface area contributed by atoms with E-state index in [4.69, 9.17) is 9.47 Å². The number of amides is 1. The fraction of sp³-hybridized carbons (Fsp3) is 0.190. The maximum atomic E-state index is 13.6. The van der Waals surface area contributed by atoms with E-state index in [2.05, 4.69) is 10.3 Å². The first kappa shape index (κ1) is 22.0. The van der Waals surface area contributed by atoms with Crippen molar-refractivity contribution in [3.63, 3.8) is 0 Å². The summed E-state index contributed by atoms with van der Waals surface area (Å²) in [5.74, 6) is 0.572. The highest BCUT2D eigenvalue weighted by molar-refractivity contribution is 8.00. The lowest BCUT2D eigenvalue weighted by Gasteiger charge is -2.16. The summed E-state index contributed by atoms with van der Waals surface area (Å²) in [4.78, 5) is 17.5. The molecule has 0 saturated carbocycles. The molecule has 2 aromatic heterocycles. The van der Waals surface area contributed by atoms with Crippen LogP contribution in [-0.2, 0) is 11.0 Å². The molecule has 0 radical (unpaired) electrons. The lowest BCUT2D eigenvalue weighted by Crippen LogP contribution is -2.23. The van der Waals surface area contributed by atoms with Crippen molar-refractivity contribution in [2.45, 2.75) is 23.4 Å². The van der Waals surface area contributed by atoms with Gasteiger partial charge in [-0.3, -0.25) is 4.79 Å². The van der Waals surface area contributed by atoms with Crippen LogP contribution in [0.1, 0.15) is 18.1 Å². The van der Waals surface area contributed by atoms with E-state index in [1.807, 2.05) is 0 Å². The molecule has 0 saturated heterocycles. The second-order valence-corrected chi connectivity index (χ2v) is 8.92. The number of thiophene rings is 1. The van der Waals surface area contributed by atoms with Gasteiger partial charge in [0.05, 0.1) is 26.9 Å². The number of hydrogen-bond acceptors (Lipinski definition) is 7. The maximum Gasteiger partial charge on any atom is 0.417 e. The number of rotatable bonds is 5. The zero-order chi connectivity index (χ0) is 22.9. The second-order valence-electron chi connectivity index (χ2n) is 6.64. The normalized spacial score (nSPS) is 13.5. The summed E-state index contributed by atoms with van der Waals surface area (Å²) in [5, 5.41) is 12.9. The summed E-state index contributed by atoms with van der Waals surface area (Å²) in [5.41, 5.74) is -1.14. The molecule has 3 heterocycles. The summed E-state index contributed by atoms with van der Waals surface area (Å²) < 4.78 is 51.4. The number of hydrogen-bond donors (Lipinski definition) is 1. The Balaban J connectivity index is 1.61. The van der Waals surface area contributed by atoms with Crippen LogP contribution < -0.4 is 14.8 Å². The molecule has 3 aromatic rings. The molecule has 1 aliphatic rings. The van der Waals surface area contributed by atoms with Crippen molar-refractivity contribution < 1.29 is 27.4 Å². The first-order chi connectivity index (χ1) is 15.3. The summed E-state index contributed by atoms with van der Waals surface area (Å²) in [6.07, 6.45) is -4.74. The number of halogens is 3. The van der Waals surface area contributed by atoms with Gasteiger partial charge in [-0.1, -0.05) is 17.8 Å². The van der Waals surface area contributed by atoms with Crippen LogP contribution in [0.15, 0.2) is 46.8 Å². The molecule has 1 unspecified atom stereocenters. The van der Waals surface area contributed by atoms with E-state index >= 15 is 0 Å². The van der Waals surface area contributed by atoms with Crippen LogP contribution in [0.4, 0.5) is 18.9 Å². The molecule has 11 heteroatoms. The van der Waals surface area contributed by atoms with Crippen molar-refractivity contribution >= 4 is 34.7 Å². The zero-order valence-corrected chi connectivity index (χ0v) is 18.0. The van der Waals surface area contributed by atoms with Crippen LogP contribution in [-0.4, -0.2) is 22.9 Å². The second kappa shape index (κ2) is 8.72. The van der Waals surface area contributed by atoms with Crippen LogP contribution in [0.2, 0.25) is 0 Å². The number of nitrogens with zero attached hydrogens (tertiary/aromatic N) is 2. The third-order valence-electron chi connectivity index (χ3n) is 4.47. The Kier molecular flexibility index (Phi) is 5.99. The highest BCUT2D eigenvalue weighted by Crippen LogP contribution is 2.40. The molecule has 32 heavy (non-hydrogen) atoms. The third kappa shape index (κ3) is 4.51. The Morgan fingerprint density at radius 1 is 1.28 bits per heavy atom. The SMILES string of the molecule is CC(Sc1nc(-c2cccs2)cc(C(F)(F)F)c1C#N)C(=O)Nc1ccc2c(c1)OCO2. The first-order valence-corrected chi connectivity index (χ1v) is 11.0. The molecule has 1 aromatic carbocycles. The summed E-state index contributed by atoms with van der Waals surface area (Å²) in [6, 6.07) is 10.7. The van der Waals surface area contributed by atoms with Gasteiger partial charge in [0, 0.05) is 11.8 Å². The molecule has 1 aliphatic heterocycles. The van der Waals surface area contributed by atoms with Crippen molar-refractivity contribution in [1.29, 1.82) is 5.26 Å². The van der Waals surface area contributed by atoms with Crippen LogP contribution >= 0.6 is 23.1 Å². The van der Waals surface area contributed by atoms with E-state index in [1.165, 1.54) is 18.3 Å². The number of alkyl halides is 3.